The number of hydrogen-bond acceptors (Lipinski definition) is 4. The first-order valence-electron chi connectivity index (χ1n) is 14.9. The number of anilines is 1. The van der Waals surface area contributed by atoms with E-state index in [4.69, 9.17) is 11.6 Å². The van der Waals surface area contributed by atoms with Crippen molar-refractivity contribution in [3.8, 4) is 0 Å². The first kappa shape index (κ1) is 32.2. The Morgan fingerprint density at radius 1 is 0.867 bits per heavy atom. The smallest absolute Gasteiger partial charge is 0.264 e. The molecule has 45 heavy (non-hydrogen) atoms. The number of carbonyl (C=O) groups is 2. The number of benzene rings is 4. The second-order valence-electron chi connectivity index (χ2n) is 11.1. The van der Waals surface area contributed by atoms with Crippen molar-refractivity contribution in [1.29, 1.82) is 0 Å². The molecule has 0 radical (unpaired) electrons. The van der Waals surface area contributed by atoms with E-state index in [1.54, 1.807) is 54.6 Å². The maximum absolute atomic E-state index is 15.1. The molecule has 1 aliphatic rings. The van der Waals surface area contributed by atoms with E-state index in [1.165, 1.54) is 29.2 Å². The first-order valence-corrected chi connectivity index (χ1v) is 16.7. The lowest BCUT2D eigenvalue weighted by Crippen LogP contribution is -2.54. The van der Waals surface area contributed by atoms with Gasteiger partial charge in [-0.1, -0.05) is 97.2 Å². The van der Waals surface area contributed by atoms with E-state index in [0.717, 1.165) is 35.6 Å². The van der Waals surface area contributed by atoms with Crippen molar-refractivity contribution in [2.75, 3.05) is 10.8 Å². The standard InChI is InChI=1S/C35H35ClFN3O4S/c36-28-15-11-18-30(23-28)40(45(43,44)31-19-5-2-6-20-31)25-34(41)39(24-27-14-7-10-21-32(27)37)33(22-26-12-3-1-4-13-26)35(42)38-29-16-8-9-17-29/h1-7,10-15,18-21,23,29,33H,8-9,16-17,22,24-25H2,(H,38,42)/t33-/m0/s1. The molecule has 0 spiro atoms. The van der Waals surface area contributed by atoms with E-state index < -0.39 is 34.3 Å². The van der Waals surface area contributed by atoms with Gasteiger partial charge in [0.25, 0.3) is 10.0 Å². The van der Waals surface area contributed by atoms with Gasteiger partial charge in [0.05, 0.1) is 10.6 Å². The van der Waals surface area contributed by atoms with Gasteiger partial charge < -0.3 is 10.2 Å². The molecule has 1 fully saturated rings. The highest BCUT2D eigenvalue weighted by atomic mass is 35.5. The number of nitrogens with zero attached hydrogens (tertiary/aromatic N) is 2. The van der Waals surface area contributed by atoms with Crippen molar-refractivity contribution >= 4 is 39.1 Å². The predicted molar refractivity (Wildman–Crippen MR) is 174 cm³/mol. The van der Waals surface area contributed by atoms with Gasteiger partial charge >= 0.3 is 0 Å². The Hall–Kier alpha value is -4.21. The third kappa shape index (κ3) is 8.09. The maximum atomic E-state index is 15.1. The first-order chi connectivity index (χ1) is 21.7. The second-order valence-corrected chi connectivity index (χ2v) is 13.4. The Morgan fingerprint density at radius 3 is 2.18 bits per heavy atom. The van der Waals surface area contributed by atoms with Crippen molar-refractivity contribution in [3.05, 3.63) is 131 Å². The highest BCUT2D eigenvalue weighted by Crippen LogP contribution is 2.27. The zero-order valence-electron chi connectivity index (χ0n) is 24.7. The Bertz CT molecular complexity index is 1720. The van der Waals surface area contributed by atoms with E-state index in [9.17, 15) is 18.0 Å². The van der Waals surface area contributed by atoms with Crippen LogP contribution in [0.15, 0.2) is 114 Å². The molecule has 2 amide bonds. The summed E-state index contributed by atoms with van der Waals surface area (Å²) in [6.07, 6.45) is 3.82. The minimum atomic E-state index is -4.25. The summed E-state index contributed by atoms with van der Waals surface area (Å²) in [5, 5.41) is 3.39. The quantitative estimate of drug-likeness (QED) is 0.194. The number of hydrogen-bond donors (Lipinski definition) is 1. The zero-order chi connectivity index (χ0) is 31.8. The molecule has 0 aliphatic heterocycles. The molecule has 1 N–H and O–H groups in total. The minimum Gasteiger partial charge on any atom is -0.352 e. The lowest BCUT2D eigenvalue weighted by Gasteiger charge is -2.34. The molecular weight excluding hydrogens is 613 g/mol. The van der Waals surface area contributed by atoms with Crippen LogP contribution >= 0.6 is 11.6 Å². The van der Waals surface area contributed by atoms with Crippen molar-refractivity contribution in [2.45, 2.75) is 55.6 Å². The Labute approximate surface area is 268 Å². The van der Waals surface area contributed by atoms with Crippen molar-refractivity contribution < 1.29 is 22.4 Å². The van der Waals surface area contributed by atoms with Crippen LogP contribution in [0.1, 0.15) is 36.8 Å². The van der Waals surface area contributed by atoms with Gasteiger partial charge in [0.15, 0.2) is 0 Å². The SMILES string of the molecule is O=C(NC1CCCC1)[C@H](Cc1ccccc1)N(Cc1ccccc1F)C(=O)CN(c1cccc(Cl)c1)S(=O)(=O)c1ccccc1. The van der Waals surface area contributed by atoms with Crippen LogP contribution in [-0.4, -0.2) is 43.8 Å². The van der Waals surface area contributed by atoms with E-state index >= 15 is 4.39 Å². The van der Waals surface area contributed by atoms with Gasteiger partial charge in [-0.3, -0.25) is 13.9 Å². The van der Waals surface area contributed by atoms with Crippen LogP contribution < -0.4 is 9.62 Å². The Balaban J connectivity index is 1.57. The van der Waals surface area contributed by atoms with E-state index in [1.807, 2.05) is 30.3 Å². The largest absolute Gasteiger partial charge is 0.352 e. The fourth-order valence-electron chi connectivity index (χ4n) is 5.61. The van der Waals surface area contributed by atoms with Gasteiger partial charge in [0.2, 0.25) is 11.8 Å². The number of nitrogens with one attached hydrogen (secondary N) is 1. The number of carbonyl (C=O) groups excluding carboxylic acids is 2. The fourth-order valence-corrected chi connectivity index (χ4v) is 7.22. The molecule has 0 heterocycles. The number of rotatable bonds is 12. The summed E-state index contributed by atoms with van der Waals surface area (Å²) in [5.74, 6) is -1.57. The molecule has 5 rings (SSSR count). The molecule has 1 saturated carbocycles. The number of amides is 2. The van der Waals surface area contributed by atoms with E-state index in [-0.39, 0.29) is 46.1 Å². The summed E-state index contributed by atoms with van der Waals surface area (Å²) in [5.41, 5.74) is 1.19. The van der Waals surface area contributed by atoms with Crippen LogP contribution in [0.3, 0.4) is 0 Å². The summed E-state index contributed by atoms with van der Waals surface area (Å²) in [7, 11) is -4.25. The van der Waals surface area contributed by atoms with E-state index in [2.05, 4.69) is 5.32 Å². The average molecular weight is 648 g/mol. The van der Waals surface area contributed by atoms with Gasteiger partial charge in [0, 0.05) is 29.6 Å². The topological polar surface area (TPSA) is 86.8 Å². The molecule has 1 aliphatic carbocycles. The van der Waals surface area contributed by atoms with Crippen LogP contribution in [-0.2, 0) is 32.6 Å². The molecule has 10 heteroatoms. The summed E-state index contributed by atoms with van der Waals surface area (Å²) in [6, 6.07) is 28.3. The maximum Gasteiger partial charge on any atom is 0.264 e. The highest BCUT2D eigenvalue weighted by molar-refractivity contribution is 7.92. The zero-order valence-corrected chi connectivity index (χ0v) is 26.3. The number of halogens is 2. The third-order valence-corrected chi connectivity index (χ3v) is 10.0. The molecule has 234 valence electrons. The van der Waals surface area contributed by atoms with Gasteiger partial charge in [-0.05, 0) is 54.8 Å². The fraction of sp³-hybridized carbons (Fsp3) is 0.257. The third-order valence-electron chi connectivity index (χ3n) is 7.98. The molecule has 4 aromatic rings. The summed E-state index contributed by atoms with van der Waals surface area (Å²) >= 11 is 6.26. The van der Waals surface area contributed by atoms with Crippen molar-refractivity contribution in [3.63, 3.8) is 0 Å². The summed E-state index contributed by atoms with van der Waals surface area (Å²) in [6.45, 7) is -0.885. The number of sulfonamides is 1. The van der Waals surface area contributed by atoms with Crippen LogP contribution in [0.4, 0.5) is 10.1 Å². The van der Waals surface area contributed by atoms with Gasteiger partial charge in [-0.2, -0.15) is 0 Å². The molecule has 7 nitrogen and oxygen atoms in total. The van der Waals surface area contributed by atoms with Crippen LogP contribution in [0.5, 0.6) is 0 Å². The second kappa shape index (κ2) is 14.7. The van der Waals surface area contributed by atoms with E-state index in [0.29, 0.717) is 0 Å². The molecule has 0 bridgehead atoms. The van der Waals surface area contributed by atoms with Crippen LogP contribution in [0.25, 0.3) is 0 Å². The highest BCUT2D eigenvalue weighted by Gasteiger charge is 2.36. The van der Waals surface area contributed by atoms with Gasteiger partial charge in [-0.25, -0.2) is 12.8 Å². The monoisotopic (exact) mass is 647 g/mol. The molecule has 1 atom stereocenters. The molecular formula is C35H35ClFN3O4S. The summed E-state index contributed by atoms with van der Waals surface area (Å²) < 4.78 is 44.1. The normalized spacial score (nSPS) is 14.1. The Morgan fingerprint density at radius 2 is 1.51 bits per heavy atom. The van der Waals surface area contributed by atoms with Crippen molar-refractivity contribution in [2.24, 2.45) is 0 Å². The average Bonchev–Trinajstić information content (AvgIpc) is 3.56. The van der Waals surface area contributed by atoms with Crippen LogP contribution in [0.2, 0.25) is 5.02 Å². The minimum absolute atomic E-state index is 0.0155. The predicted octanol–water partition coefficient (Wildman–Crippen LogP) is 6.37. The lowest BCUT2D eigenvalue weighted by atomic mass is 10.0. The van der Waals surface area contributed by atoms with Crippen molar-refractivity contribution in [1.82, 2.24) is 10.2 Å². The Kier molecular flexibility index (Phi) is 10.5. The molecule has 0 unspecified atom stereocenters. The molecule has 0 saturated heterocycles. The van der Waals surface area contributed by atoms with Gasteiger partial charge in [0.1, 0.15) is 18.4 Å². The van der Waals surface area contributed by atoms with Gasteiger partial charge in [-0.15, -0.1) is 0 Å². The summed E-state index contributed by atoms with van der Waals surface area (Å²) in [4.78, 5) is 29.7. The molecule has 0 aromatic heterocycles. The lowest BCUT2D eigenvalue weighted by molar-refractivity contribution is -0.140. The van der Waals surface area contributed by atoms with Crippen LogP contribution in [0, 0.1) is 5.82 Å². The molecule has 4 aromatic carbocycles.